The van der Waals surface area contributed by atoms with Gasteiger partial charge in [-0.15, -0.1) is 0 Å². The third-order valence-electron chi connectivity index (χ3n) is 3.50. The van der Waals surface area contributed by atoms with Crippen molar-refractivity contribution in [2.24, 2.45) is 11.8 Å². The van der Waals surface area contributed by atoms with Crippen LogP contribution in [0.25, 0.3) is 0 Å². The predicted molar refractivity (Wildman–Crippen MR) is 75.6 cm³/mol. The summed E-state index contributed by atoms with van der Waals surface area (Å²) in [5, 5.41) is 9.07. The Labute approximate surface area is 125 Å². The normalized spacial score (nSPS) is 22.9. The van der Waals surface area contributed by atoms with E-state index in [1.807, 2.05) is 0 Å². The molecule has 110 valence electrons. The van der Waals surface area contributed by atoms with Gasteiger partial charge < -0.3 is 5.11 Å². The minimum absolute atomic E-state index is 0.0664. The minimum Gasteiger partial charge on any atom is -0.481 e. The van der Waals surface area contributed by atoms with E-state index in [-0.39, 0.29) is 17.4 Å². The molecule has 6 nitrogen and oxygen atoms in total. The van der Waals surface area contributed by atoms with E-state index in [2.05, 4.69) is 25.6 Å². The molecule has 1 aromatic heterocycles. The summed E-state index contributed by atoms with van der Waals surface area (Å²) in [4.78, 5) is 14.9. The number of carboxylic acid groups (broad SMARTS) is 1. The number of rotatable bonds is 5. The van der Waals surface area contributed by atoms with Gasteiger partial charge in [0.25, 0.3) is 0 Å². The van der Waals surface area contributed by atoms with Crippen LogP contribution in [0.4, 0.5) is 0 Å². The van der Waals surface area contributed by atoms with Gasteiger partial charge in [0, 0.05) is 23.4 Å². The molecule has 1 fully saturated rings. The van der Waals surface area contributed by atoms with Crippen molar-refractivity contribution in [1.29, 1.82) is 0 Å². The van der Waals surface area contributed by atoms with Gasteiger partial charge in [-0.1, -0.05) is 6.42 Å². The van der Waals surface area contributed by atoms with Crippen molar-refractivity contribution < 1.29 is 18.3 Å². The molecular weight excluding hydrogens is 348 g/mol. The SMILES string of the molecule is O=C(O)C1CCCC1CNS(=O)(=O)c1cncc(Br)c1. The predicted octanol–water partition coefficient (Wildman–Crippen LogP) is 1.62. The Bertz CT molecular complexity index is 605. The second kappa shape index (κ2) is 6.19. The summed E-state index contributed by atoms with van der Waals surface area (Å²) < 4.78 is 27.2. The number of nitrogens with one attached hydrogen (secondary N) is 1. The third-order valence-corrected chi connectivity index (χ3v) is 5.33. The maximum absolute atomic E-state index is 12.1. The van der Waals surface area contributed by atoms with Crippen LogP contribution < -0.4 is 4.72 Å². The first-order chi connectivity index (χ1) is 9.40. The number of aliphatic carboxylic acids is 1. The van der Waals surface area contributed by atoms with Gasteiger partial charge in [0.15, 0.2) is 0 Å². The molecule has 2 N–H and O–H groups in total. The Balaban J connectivity index is 2.04. The summed E-state index contributed by atoms with van der Waals surface area (Å²) >= 11 is 3.17. The van der Waals surface area contributed by atoms with Gasteiger partial charge in [0.2, 0.25) is 10.0 Å². The highest BCUT2D eigenvalue weighted by molar-refractivity contribution is 9.10. The largest absolute Gasteiger partial charge is 0.481 e. The first kappa shape index (κ1) is 15.4. The van der Waals surface area contributed by atoms with Crippen LogP contribution in [0.15, 0.2) is 27.8 Å². The molecule has 0 saturated heterocycles. The van der Waals surface area contributed by atoms with Crippen molar-refractivity contribution in [3.8, 4) is 0 Å². The molecule has 0 bridgehead atoms. The lowest BCUT2D eigenvalue weighted by atomic mass is 9.97. The molecule has 0 radical (unpaired) electrons. The zero-order valence-electron chi connectivity index (χ0n) is 10.6. The molecule has 2 atom stereocenters. The topological polar surface area (TPSA) is 96.4 Å². The fourth-order valence-corrected chi connectivity index (χ4v) is 4.04. The van der Waals surface area contributed by atoms with Gasteiger partial charge in [-0.25, -0.2) is 13.1 Å². The maximum atomic E-state index is 12.1. The number of hydrogen-bond acceptors (Lipinski definition) is 4. The smallest absolute Gasteiger partial charge is 0.306 e. The molecule has 1 saturated carbocycles. The number of aromatic nitrogens is 1. The zero-order chi connectivity index (χ0) is 14.8. The quantitative estimate of drug-likeness (QED) is 0.829. The van der Waals surface area contributed by atoms with Crippen LogP contribution in [-0.2, 0) is 14.8 Å². The van der Waals surface area contributed by atoms with Crippen molar-refractivity contribution in [2.45, 2.75) is 24.2 Å². The van der Waals surface area contributed by atoms with Crippen LogP contribution in [0.3, 0.4) is 0 Å². The molecule has 8 heteroatoms. The van der Waals surface area contributed by atoms with E-state index in [4.69, 9.17) is 5.11 Å². The Morgan fingerprint density at radius 2 is 2.20 bits per heavy atom. The maximum Gasteiger partial charge on any atom is 0.306 e. The second-order valence-corrected chi connectivity index (χ2v) is 7.51. The number of hydrogen-bond donors (Lipinski definition) is 2. The minimum atomic E-state index is -3.65. The lowest BCUT2D eigenvalue weighted by Gasteiger charge is -2.16. The Morgan fingerprint density at radius 3 is 2.85 bits per heavy atom. The van der Waals surface area contributed by atoms with Crippen LogP contribution in [0.2, 0.25) is 0 Å². The lowest BCUT2D eigenvalue weighted by molar-refractivity contribution is -0.142. The molecule has 0 aliphatic heterocycles. The number of nitrogens with zero attached hydrogens (tertiary/aromatic N) is 1. The van der Waals surface area contributed by atoms with Crippen LogP contribution >= 0.6 is 15.9 Å². The average molecular weight is 363 g/mol. The van der Waals surface area contributed by atoms with E-state index in [1.54, 1.807) is 0 Å². The monoisotopic (exact) mass is 362 g/mol. The van der Waals surface area contributed by atoms with Crippen molar-refractivity contribution in [1.82, 2.24) is 9.71 Å². The van der Waals surface area contributed by atoms with Crippen LogP contribution in [0.1, 0.15) is 19.3 Å². The van der Waals surface area contributed by atoms with Crippen molar-refractivity contribution in [3.63, 3.8) is 0 Å². The fraction of sp³-hybridized carbons (Fsp3) is 0.500. The van der Waals surface area contributed by atoms with Gasteiger partial charge >= 0.3 is 5.97 Å². The molecule has 1 aliphatic carbocycles. The molecule has 1 aliphatic rings. The number of carbonyl (C=O) groups is 1. The summed E-state index contributed by atoms with van der Waals surface area (Å²) in [6, 6.07) is 1.46. The molecule has 1 aromatic rings. The summed E-state index contributed by atoms with van der Waals surface area (Å²) in [7, 11) is -3.65. The molecule has 20 heavy (non-hydrogen) atoms. The Hall–Kier alpha value is -0.990. The molecule has 0 spiro atoms. The third kappa shape index (κ3) is 3.56. The van der Waals surface area contributed by atoms with Crippen LogP contribution in [0.5, 0.6) is 0 Å². The van der Waals surface area contributed by atoms with Gasteiger partial charge in [0.05, 0.1) is 5.92 Å². The van der Waals surface area contributed by atoms with E-state index in [9.17, 15) is 13.2 Å². The first-order valence-corrected chi connectivity index (χ1v) is 8.51. The molecule has 2 rings (SSSR count). The van der Waals surface area contributed by atoms with E-state index >= 15 is 0 Å². The van der Waals surface area contributed by atoms with Crippen molar-refractivity contribution in [3.05, 3.63) is 22.9 Å². The number of sulfonamides is 1. The Kier molecular flexibility index (Phi) is 4.77. The summed E-state index contributed by atoms with van der Waals surface area (Å²) in [5.74, 6) is -1.46. The molecule has 1 heterocycles. The van der Waals surface area contributed by atoms with E-state index in [0.717, 1.165) is 12.8 Å². The van der Waals surface area contributed by atoms with Crippen molar-refractivity contribution in [2.75, 3.05) is 6.54 Å². The highest BCUT2D eigenvalue weighted by Crippen LogP contribution is 2.31. The van der Waals surface area contributed by atoms with E-state index in [0.29, 0.717) is 10.9 Å². The van der Waals surface area contributed by atoms with Crippen LogP contribution in [0, 0.1) is 11.8 Å². The number of carboxylic acids is 1. The number of pyridine rings is 1. The van der Waals surface area contributed by atoms with Gasteiger partial charge in [-0.3, -0.25) is 9.78 Å². The number of halogens is 1. The summed E-state index contributed by atoms with van der Waals surface area (Å²) in [6.45, 7) is 0.145. The van der Waals surface area contributed by atoms with Gasteiger partial charge in [-0.2, -0.15) is 0 Å². The standard InChI is InChI=1S/C12H15BrN2O4S/c13-9-4-10(7-14-6-9)20(18,19)15-5-8-2-1-3-11(8)12(16)17/h4,6-8,11,15H,1-3,5H2,(H,16,17). The Morgan fingerprint density at radius 1 is 1.45 bits per heavy atom. The second-order valence-electron chi connectivity index (χ2n) is 4.83. The molecule has 2 unspecified atom stereocenters. The first-order valence-electron chi connectivity index (χ1n) is 6.23. The highest BCUT2D eigenvalue weighted by atomic mass is 79.9. The average Bonchev–Trinajstić information content (AvgIpc) is 2.85. The van der Waals surface area contributed by atoms with E-state index < -0.39 is 21.9 Å². The highest BCUT2D eigenvalue weighted by Gasteiger charge is 2.33. The van der Waals surface area contributed by atoms with E-state index in [1.165, 1.54) is 18.5 Å². The fourth-order valence-electron chi connectivity index (χ4n) is 2.45. The van der Waals surface area contributed by atoms with Crippen LogP contribution in [-0.4, -0.2) is 31.0 Å². The zero-order valence-corrected chi connectivity index (χ0v) is 13.0. The molecule has 0 amide bonds. The van der Waals surface area contributed by atoms with Gasteiger partial charge in [0.1, 0.15) is 4.90 Å². The molecule has 0 aromatic carbocycles. The lowest BCUT2D eigenvalue weighted by Crippen LogP contribution is -2.33. The van der Waals surface area contributed by atoms with Crippen molar-refractivity contribution >= 4 is 31.9 Å². The van der Waals surface area contributed by atoms with Gasteiger partial charge in [-0.05, 0) is 40.8 Å². The summed E-state index contributed by atoms with van der Waals surface area (Å²) in [5.41, 5.74) is 0. The summed E-state index contributed by atoms with van der Waals surface area (Å²) in [6.07, 6.45) is 4.92. The molecular formula is C12H15BrN2O4S.